The molecule has 0 aromatic heterocycles. The van der Waals surface area contributed by atoms with E-state index in [0.717, 1.165) is 13.0 Å². The molecule has 1 aromatic carbocycles. The Morgan fingerprint density at radius 1 is 1.45 bits per heavy atom. The first-order valence-electron chi connectivity index (χ1n) is 6.86. The van der Waals surface area contributed by atoms with E-state index < -0.39 is 5.60 Å². The second kappa shape index (κ2) is 7.87. The molecule has 0 bridgehead atoms. The molecular formula is C15H24N2O3. The van der Waals surface area contributed by atoms with E-state index in [1.54, 1.807) is 31.2 Å². The van der Waals surface area contributed by atoms with Crippen molar-refractivity contribution in [3.63, 3.8) is 0 Å². The van der Waals surface area contributed by atoms with Gasteiger partial charge in [-0.15, -0.1) is 0 Å². The molecule has 0 aliphatic carbocycles. The lowest BCUT2D eigenvalue weighted by Crippen LogP contribution is -2.43. The summed E-state index contributed by atoms with van der Waals surface area (Å²) in [4.78, 5) is 11.0. The van der Waals surface area contributed by atoms with Gasteiger partial charge in [-0.25, -0.2) is 0 Å². The van der Waals surface area contributed by atoms with Gasteiger partial charge in [0.1, 0.15) is 18.0 Å². The predicted octanol–water partition coefficient (Wildman–Crippen LogP) is 1.77. The largest absolute Gasteiger partial charge is 0.490 e. The summed E-state index contributed by atoms with van der Waals surface area (Å²) in [5, 5.41) is 16.0. The van der Waals surface area contributed by atoms with Gasteiger partial charge >= 0.3 is 0 Å². The number of benzene rings is 1. The quantitative estimate of drug-likeness (QED) is 0.635. The Hall–Kier alpha value is -1.59. The van der Waals surface area contributed by atoms with Crippen LogP contribution in [0.25, 0.3) is 0 Å². The number of amides is 1. The van der Waals surface area contributed by atoms with Gasteiger partial charge in [-0.2, -0.15) is 0 Å². The molecule has 1 unspecified atom stereocenters. The Kier molecular flexibility index (Phi) is 6.48. The van der Waals surface area contributed by atoms with Crippen molar-refractivity contribution in [2.75, 3.05) is 25.0 Å². The van der Waals surface area contributed by atoms with Crippen LogP contribution >= 0.6 is 0 Å². The molecule has 112 valence electrons. The second-order valence-electron chi connectivity index (χ2n) is 5.17. The summed E-state index contributed by atoms with van der Waals surface area (Å²) in [6, 6.07) is 7.11. The normalized spacial score (nSPS) is 13.6. The van der Waals surface area contributed by atoms with Crippen LogP contribution in [0.15, 0.2) is 24.3 Å². The van der Waals surface area contributed by atoms with Gasteiger partial charge in [0.25, 0.3) is 0 Å². The van der Waals surface area contributed by atoms with Gasteiger partial charge in [-0.05, 0) is 32.0 Å². The zero-order chi connectivity index (χ0) is 15.0. The van der Waals surface area contributed by atoms with Crippen LogP contribution < -0.4 is 15.4 Å². The molecule has 1 rings (SSSR count). The minimum absolute atomic E-state index is 0.127. The standard InChI is InChI=1S/C15H24N2O3/c1-4-8-16-10-15(3,19)11-20-14-7-5-6-13(9-14)17-12(2)18/h5-7,9,16,19H,4,8,10-11H2,1-3H3,(H,17,18). The fraction of sp³-hybridized carbons (Fsp3) is 0.533. The number of nitrogens with one attached hydrogen (secondary N) is 2. The van der Waals surface area contributed by atoms with Crippen LogP contribution in [0.3, 0.4) is 0 Å². The smallest absolute Gasteiger partial charge is 0.221 e. The Balaban J connectivity index is 2.49. The maximum atomic E-state index is 11.0. The van der Waals surface area contributed by atoms with Crippen molar-refractivity contribution >= 4 is 11.6 Å². The number of carbonyl (C=O) groups excluding carboxylic acids is 1. The van der Waals surface area contributed by atoms with Crippen molar-refractivity contribution in [2.45, 2.75) is 32.8 Å². The van der Waals surface area contributed by atoms with Crippen LogP contribution in [0.1, 0.15) is 27.2 Å². The summed E-state index contributed by atoms with van der Waals surface area (Å²) < 4.78 is 5.58. The van der Waals surface area contributed by atoms with Gasteiger partial charge in [0.2, 0.25) is 5.91 Å². The average molecular weight is 280 g/mol. The van der Waals surface area contributed by atoms with Gasteiger partial charge in [0, 0.05) is 25.2 Å². The first-order valence-corrected chi connectivity index (χ1v) is 6.86. The maximum Gasteiger partial charge on any atom is 0.221 e. The molecule has 0 heterocycles. The maximum absolute atomic E-state index is 11.0. The molecule has 0 radical (unpaired) electrons. The molecule has 0 spiro atoms. The molecule has 1 aromatic rings. The lowest BCUT2D eigenvalue weighted by atomic mass is 10.1. The molecule has 5 heteroatoms. The molecule has 0 aliphatic heterocycles. The highest BCUT2D eigenvalue weighted by Gasteiger charge is 2.20. The number of hydrogen-bond acceptors (Lipinski definition) is 4. The van der Waals surface area contributed by atoms with Crippen molar-refractivity contribution in [1.29, 1.82) is 0 Å². The third kappa shape index (κ3) is 6.54. The summed E-state index contributed by atoms with van der Waals surface area (Å²) in [6.07, 6.45) is 1.02. The van der Waals surface area contributed by atoms with Gasteiger partial charge in [-0.1, -0.05) is 13.0 Å². The highest BCUT2D eigenvalue weighted by Crippen LogP contribution is 2.18. The lowest BCUT2D eigenvalue weighted by Gasteiger charge is -2.24. The number of hydrogen-bond donors (Lipinski definition) is 3. The van der Waals surface area contributed by atoms with Crippen LogP contribution in [0, 0.1) is 0 Å². The van der Waals surface area contributed by atoms with E-state index in [4.69, 9.17) is 4.74 Å². The fourth-order valence-corrected chi connectivity index (χ4v) is 1.69. The number of ether oxygens (including phenoxy) is 1. The van der Waals surface area contributed by atoms with E-state index in [1.165, 1.54) is 6.92 Å². The van der Waals surface area contributed by atoms with Gasteiger partial charge in [0.05, 0.1) is 0 Å². The van der Waals surface area contributed by atoms with E-state index in [2.05, 4.69) is 17.6 Å². The van der Waals surface area contributed by atoms with Crippen LogP contribution in [-0.2, 0) is 4.79 Å². The van der Waals surface area contributed by atoms with E-state index in [9.17, 15) is 9.90 Å². The Labute approximate surface area is 120 Å². The van der Waals surface area contributed by atoms with Gasteiger partial charge in [0.15, 0.2) is 0 Å². The third-order valence-electron chi connectivity index (χ3n) is 2.64. The molecule has 5 nitrogen and oxygen atoms in total. The zero-order valence-electron chi connectivity index (χ0n) is 12.4. The van der Waals surface area contributed by atoms with Crippen LogP contribution in [0.4, 0.5) is 5.69 Å². The Morgan fingerprint density at radius 2 is 2.20 bits per heavy atom. The minimum Gasteiger partial charge on any atom is -0.490 e. The van der Waals surface area contributed by atoms with Crippen molar-refractivity contribution < 1.29 is 14.6 Å². The van der Waals surface area contributed by atoms with Crippen LogP contribution in [0.5, 0.6) is 5.75 Å². The van der Waals surface area contributed by atoms with E-state index in [0.29, 0.717) is 18.0 Å². The van der Waals surface area contributed by atoms with E-state index in [1.807, 2.05) is 0 Å². The lowest BCUT2D eigenvalue weighted by molar-refractivity contribution is -0.114. The van der Waals surface area contributed by atoms with Crippen molar-refractivity contribution in [2.24, 2.45) is 0 Å². The van der Waals surface area contributed by atoms with Crippen molar-refractivity contribution in [1.82, 2.24) is 5.32 Å². The zero-order valence-corrected chi connectivity index (χ0v) is 12.4. The molecular weight excluding hydrogens is 256 g/mol. The van der Waals surface area contributed by atoms with Crippen molar-refractivity contribution in [3.05, 3.63) is 24.3 Å². The summed E-state index contributed by atoms with van der Waals surface area (Å²) >= 11 is 0. The predicted molar refractivity (Wildman–Crippen MR) is 80.0 cm³/mol. The monoisotopic (exact) mass is 280 g/mol. The summed E-state index contributed by atoms with van der Waals surface area (Å²) in [5.74, 6) is 0.491. The second-order valence-corrected chi connectivity index (χ2v) is 5.17. The molecule has 0 saturated carbocycles. The average Bonchev–Trinajstić information content (AvgIpc) is 2.36. The molecule has 0 fully saturated rings. The molecule has 0 saturated heterocycles. The summed E-state index contributed by atoms with van der Waals surface area (Å²) in [7, 11) is 0. The third-order valence-corrected chi connectivity index (χ3v) is 2.64. The van der Waals surface area contributed by atoms with Gasteiger partial charge < -0.3 is 20.5 Å². The number of rotatable bonds is 8. The van der Waals surface area contributed by atoms with Crippen LogP contribution in [0.2, 0.25) is 0 Å². The van der Waals surface area contributed by atoms with Crippen molar-refractivity contribution in [3.8, 4) is 5.75 Å². The topological polar surface area (TPSA) is 70.6 Å². The highest BCUT2D eigenvalue weighted by atomic mass is 16.5. The first-order chi connectivity index (χ1) is 9.43. The molecule has 0 aliphatic rings. The molecule has 3 N–H and O–H groups in total. The van der Waals surface area contributed by atoms with E-state index in [-0.39, 0.29) is 12.5 Å². The number of aliphatic hydroxyl groups is 1. The molecule has 1 amide bonds. The first kappa shape index (κ1) is 16.5. The summed E-state index contributed by atoms with van der Waals surface area (Å²) in [6.45, 7) is 6.80. The summed E-state index contributed by atoms with van der Waals surface area (Å²) in [5.41, 5.74) is -0.252. The van der Waals surface area contributed by atoms with E-state index >= 15 is 0 Å². The van der Waals surface area contributed by atoms with Crippen LogP contribution in [-0.4, -0.2) is 36.3 Å². The molecule has 20 heavy (non-hydrogen) atoms. The van der Waals surface area contributed by atoms with Gasteiger partial charge in [-0.3, -0.25) is 4.79 Å². The molecule has 1 atom stereocenters. The highest BCUT2D eigenvalue weighted by molar-refractivity contribution is 5.88. The number of carbonyl (C=O) groups is 1. The minimum atomic E-state index is -0.931. The Bertz CT molecular complexity index is 433. The fourth-order valence-electron chi connectivity index (χ4n) is 1.69. The SMILES string of the molecule is CCCNCC(C)(O)COc1cccc(NC(C)=O)c1. The Morgan fingerprint density at radius 3 is 2.85 bits per heavy atom. The number of anilines is 1.